The Morgan fingerprint density at radius 1 is 1.45 bits per heavy atom. The maximum absolute atomic E-state index is 11.9. The van der Waals surface area contributed by atoms with Crippen molar-refractivity contribution in [2.24, 2.45) is 0 Å². The fourth-order valence-corrected chi connectivity index (χ4v) is 2.29. The summed E-state index contributed by atoms with van der Waals surface area (Å²) < 4.78 is 7.50. The molecule has 0 bridgehead atoms. The maximum Gasteiger partial charge on any atom is 0.356 e. The quantitative estimate of drug-likeness (QED) is 0.850. The molecule has 106 valence electrons. The first-order valence-electron chi connectivity index (χ1n) is 6.23. The van der Waals surface area contributed by atoms with Gasteiger partial charge in [0.05, 0.1) is 25.5 Å². The molecule has 1 aromatic heterocycles. The van der Waals surface area contributed by atoms with Gasteiger partial charge in [-0.2, -0.15) is 5.10 Å². The molecule has 5 nitrogen and oxygen atoms in total. The molecule has 0 spiro atoms. The van der Waals surface area contributed by atoms with Gasteiger partial charge in [-0.15, -0.1) is 0 Å². The predicted molar refractivity (Wildman–Crippen MR) is 77.4 cm³/mol. The Labute approximate surface area is 125 Å². The van der Waals surface area contributed by atoms with Crippen LogP contribution in [-0.4, -0.2) is 27.5 Å². The Kier molecular flexibility index (Phi) is 4.92. The Morgan fingerprint density at radius 3 is 2.90 bits per heavy atom. The molecule has 2 aromatic rings. The summed E-state index contributed by atoms with van der Waals surface area (Å²) in [6, 6.07) is 9.29. The zero-order valence-electron chi connectivity index (χ0n) is 11.0. The molecule has 0 radical (unpaired) electrons. The second kappa shape index (κ2) is 6.67. The number of aromatic nitrogens is 2. The van der Waals surface area contributed by atoms with E-state index in [1.807, 2.05) is 24.3 Å². The lowest BCUT2D eigenvalue weighted by molar-refractivity contribution is 0.0512. The number of aliphatic hydroxyl groups is 1. The summed E-state index contributed by atoms with van der Waals surface area (Å²) in [7, 11) is 0. The molecule has 0 fully saturated rings. The van der Waals surface area contributed by atoms with Crippen molar-refractivity contribution in [2.75, 3.05) is 6.61 Å². The van der Waals surface area contributed by atoms with Crippen molar-refractivity contribution in [1.82, 2.24) is 9.78 Å². The first-order valence-corrected chi connectivity index (χ1v) is 7.02. The highest BCUT2D eigenvalue weighted by Crippen LogP contribution is 2.15. The van der Waals surface area contributed by atoms with E-state index < -0.39 is 5.97 Å². The summed E-state index contributed by atoms with van der Waals surface area (Å²) in [5.74, 6) is -0.435. The van der Waals surface area contributed by atoms with E-state index in [2.05, 4.69) is 21.0 Å². The molecule has 0 saturated carbocycles. The van der Waals surface area contributed by atoms with Gasteiger partial charge in [-0.3, -0.25) is 4.68 Å². The number of aliphatic hydroxyl groups excluding tert-OH is 1. The molecule has 2 rings (SSSR count). The molecule has 0 unspecified atom stereocenters. The number of hydrogen-bond donors (Lipinski definition) is 1. The van der Waals surface area contributed by atoms with E-state index in [9.17, 15) is 4.79 Å². The molecule has 1 heterocycles. The van der Waals surface area contributed by atoms with E-state index in [1.54, 1.807) is 17.7 Å². The fourth-order valence-electron chi connectivity index (χ4n) is 1.85. The van der Waals surface area contributed by atoms with Gasteiger partial charge in [0.2, 0.25) is 0 Å². The van der Waals surface area contributed by atoms with Crippen molar-refractivity contribution < 1.29 is 14.6 Å². The zero-order valence-corrected chi connectivity index (χ0v) is 12.6. The van der Waals surface area contributed by atoms with E-state index in [0.29, 0.717) is 24.5 Å². The van der Waals surface area contributed by atoms with Crippen LogP contribution in [0.5, 0.6) is 0 Å². The Hall–Kier alpha value is -1.66. The molecule has 0 aliphatic rings. The summed E-state index contributed by atoms with van der Waals surface area (Å²) >= 11 is 3.41. The third-order valence-electron chi connectivity index (χ3n) is 2.70. The third kappa shape index (κ3) is 3.46. The third-order valence-corrected chi connectivity index (χ3v) is 3.19. The molecule has 0 amide bonds. The van der Waals surface area contributed by atoms with Gasteiger partial charge in [0.1, 0.15) is 5.69 Å². The molecule has 1 aromatic carbocycles. The van der Waals surface area contributed by atoms with Crippen molar-refractivity contribution in [2.45, 2.75) is 20.1 Å². The van der Waals surface area contributed by atoms with Crippen LogP contribution >= 0.6 is 15.9 Å². The minimum atomic E-state index is -0.435. The van der Waals surface area contributed by atoms with E-state index in [1.165, 1.54) is 0 Å². The van der Waals surface area contributed by atoms with Crippen LogP contribution in [0.4, 0.5) is 0 Å². The molecule has 1 N–H and O–H groups in total. The van der Waals surface area contributed by atoms with Gasteiger partial charge in [0.25, 0.3) is 0 Å². The first-order chi connectivity index (χ1) is 9.63. The van der Waals surface area contributed by atoms with Crippen molar-refractivity contribution in [3.8, 4) is 0 Å². The lowest BCUT2D eigenvalue weighted by atomic mass is 10.2. The van der Waals surface area contributed by atoms with Gasteiger partial charge in [-0.05, 0) is 30.7 Å². The molecule has 0 aliphatic carbocycles. The number of rotatable bonds is 5. The minimum Gasteiger partial charge on any atom is -0.461 e. The number of hydrogen-bond acceptors (Lipinski definition) is 4. The van der Waals surface area contributed by atoms with Crippen LogP contribution in [0.1, 0.15) is 28.7 Å². The fraction of sp³-hybridized carbons (Fsp3) is 0.286. The number of halogens is 1. The second-order valence-corrected chi connectivity index (χ2v) is 5.10. The molecule has 0 atom stereocenters. The van der Waals surface area contributed by atoms with Crippen molar-refractivity contribution >= 4 is 21.9 Å². The number of carbonyl (C=O) groups excluding carboxylic acids is 1. The van der Waals surface area contributed by atoms with E-state index in [-0.39, 0.29) is 6.61 Å². The normalized spacial score (nSPS) is 10.6. The SMILES string of the molecule is CCOC(=O)c1cc(CO)nn1Cc1cccc(Br)c1. The molecular weight excluding hydrogens is 324 g/mol. The van der Waals surface area contributed by atoms with Crippen LogP contribution in [0, 0.1) is 0 Å². The monoisotopic (exact) mass is 338 g/mol. The number of nitrogens with zero attached hydrogens (tertiary/aromatic N) is 2. The van der Waals surface area contributed by atoms with Gasteiger partial charge < -0.3 is 9.84 Å². The van der Waals surface area contributed by atoms with Gasteiger partial charge >= 0.3 is 5.97 Å². The van der Waals surface area contributed by atoms with Crippen molar-refractivity contribution in [1.29, 1.82) is 0 Å². The summed E-state index contributed by atoms with van der Waals surface area (Å²) in [4.78, 5) is 11.9. The number of carbonyl (C=O) groups is 1. The van der Waals surface area contributed by atoms with Crippen LogP contribution in [0.2, 0.25) is 0 Å². The molecule has 0 saturated heterocycles. The van der Waals surface area contributed by atoms with Gasteiger partial charge in [0.15, 0.2) is 0 Å². The van der Waals surface area contributed by atoms with E-state index >= 15 is 0 Å². The number of ether oxygens (including phenoxy) is 1. The number of esters is 1. The zero-order chi connectivity index (χ0) is 14.5. The van der Waals surface area contributed by atoms with Gasteiger partial charge in [0, 0.05) is 4.47 Å². The van der Waals surface area contributed by atoms with Crippen LogP contribution in [0.15, 0.2) is 34.8 Å². The highest BCUT2D eigenvalue weighted by atomic mass is 79.9. The average molecular weight is 339 g/mol. The first kappa shape index (κ1) is 14.7. The topological polar surface area (TPSA) is 64.3 Å². The molecule has 0 aliphatic heterocycles. The van der Waals surface area contributed by atoms with Gasteiger partial charge in [-0.25, -0.2) is 4.79 Å². The Bertz CT molecular complexity index is 610. The minimum absolute atomic E-state index is 0.210. The van der Waals surface area contributed by atoms with Crippen LogP contribution in [0.25, 0.3) is 0 Å². The summed E-state index contributed by atoms with van der Waals surface area (Å²) in [6.07, 6.45) is 0. The van der Waals surface area contributed by atoms with Crippen LogP contribution in [0.3, 0.4) is 0 Å². The lowest BCUT2D eigenvalue weighted by Gasteiger charge is -2.07. The lowest BCUT2D eigenvalue weighted by Crippen LogP contribution is -2.14. The standard InChI is InChI=1S/C14H15BrN2O3/c1-2-20-14(19)13-7-12(9-18)16-17(13)8-10-4-3-5-11(15)6-10/h3-7,18H,2,8-9H2,1H3. The van der Waals surface area contributed by atoms with Gasteiger partial charge in [-0.1, -0.05) is 28.1 Å². The molecule has 6 heteroatoms. The van der Waals surface area contributed by atoms with Crippen LogP contribution in [-0.2, 0) is 17.9 Å². The highest BCUT2D eigenvalue weighted by Gasteiger charge is 2.16. The van der Waals surface area contributed by atoms with E-state index in [4.69, 9.17) is 9.84 Å². The highest BCUT2D eigenvalue weighted by molar-refractivity contribution is 9.10. The second-order valence-electron chi connectivity index (χ2n) is 4.19. The average Bonchev–Trinajstić information content (AvgIpc) is 2.82. The Balaban J connectivity index is 2.30. The molecule has 20 heavy (non-hydrogen) atoms. The van der Waals surface area contributed by atoms with E-state index in [0.717, 1.165) is 10.0 Å². The van der Waals surface area contributed by atoms with Crippen LogP contribution < -0.4 is 0 Å². The van der Waals surface area contributed by atoms with Crippen molar-refractivity contribution in [3.05, 3.63) is 51.8 Å². The predicted octanol–water partition coefficient (Wildman–Crippen LogP) is 2.36. The summed E-state index contributed by atoms with van der Waals surface area (Å²) in [5, 5.41) is 13.4. The summed E-state index contributed by atoms with van der Waals surface area (Å²) in [6.45, 7) is 2.28. The number of benzene rings is 1. The maximum atomic E-state index is 11.9. The smallest absolute Gasteiger partial charge is 0.356 e. The Morgan fingerprint density at radius 2 is 2.25 bits per heavy atom. The molecular formula is C14H15BrN2O3. The largest absolute Gasteiger partial charge is 0.461 e. The summed E-state index contributed by atoms with van der Waals surface area (Å²) in [5.41, 5.74) is 1.79. The van der Waals surface area contributed by atoms with Crippen molar-refractivity contribution in [3.63, 3.8) is 0 Å².